The molecule has 0 atom stereocenters. The number of halogens is 1. The van der Waals surface area contributed by atoms with Crippen LogP contribution in [-0.2, 0) is 0 Å². The number of rotatable bonds is 4. The quantitative estimate of drug-likeness (QED) is 0.523. The summed E-state index contributed by atoms with van der Waals surface area (Å²) in [5, 5.41) is 4.54. The topological polar surface area (TPSA) is 34.9 Å². The van der Waals surface area contributed by atoms with Crippen LogP contribution in [0.25, 0.3) is 11.8 Å². The van der Waals surface area contributed by atoms with Crippen LogP contribution < -0.4 is 0 Å². The van der Waals surface area contributed by atoms with Gasteiger partial charge in [0.1, 0.15) is 5.82 Å². The van der Waals surface area contributed by atoms with Crippen molar-refractivity contribution in [2.75, 3.05) is 0 Å². The summed E-state index contributed by atoms with van der Waals surface area (Å²) >= 11 is 0. The van der Waals surface area contributed by atoms with Gasteiger partial charge in [0, 0.05) is 16.8 Å². The number of aromatic nitrogens is 2. The van der Waals surface area contributed by atoms with Crippen molar-refractivity contribution in [2.24, 2.45) is 0 Å². The maximum atomic E-state index is 13.2. The average Bonchev–Trinajstić information content (AvgIpc) is 2.88. The SMILES string of the molecule is Cc1nn(-c2ccccc2)c(C)c1/C=C/C(=O)c1cccc(F)c1. The number of ketones is 1. The number of hydrogen-bond donors (Lipinski definition) is 0. The van der Waals surface area contributed by atoms with Gasteiger partial charge in [-0.1, -0.05) is 30.3 Å². The fraction of sp³-hybridized carbons (Fsp3) is 0.100. The van der Waals surface area contributed by atoms with Crippen molar-refractivity contribution < 1.29 is 9.18 Å². The van der Waals surface area contributed by atoms with Gasteiger partial charge >= 0.3 is 0 Å². The molecule has 0 aliphatic rings. The lowest BCUT2D eigenvalue weighted by atomic mass is 10.1. The molecule has 0 aliphatic carbocycles. The second-order valence-corrected chi connectivity index (χ2v) is 5.54. The van der Waals surface area contributed by atoms with E-state index in [-0.39, 0.29) is 5.78 Å². The Bertz CT molecular complexity index is 911. The first kappa shape index (κ1) is 15.9. The Morgan fingerprint density at radius 3 is 2.54 bits per heavy atom. The number of allylic oxidation sites excluding steroid dienone is 1. The molecule has 0 N–H and O–H groups in total. The summed E-state index contributed by atoms with van der Waals surface area (Å²) < 4.78 is 15.1. The van der Waals surface area contributed by atoms with Crippen molar-refractivity contribution in [1.82, 2.24) is 9.78 Å². The van der Waals surface area contributed by atoms with Crippen molar-refractivity contribution in [3.8, 4) is 5.69 Å². The molecule has 0 radical (unpaired) electrons. The fourth-order valence-electron chi connectivity index (χ4n) is 2.61. The molecule has 0 fully saturated rings. The molecular weight excluding hydrogens is 303 g/mol. The molecule has 0 amide bonds. The van der Waals surface area contributed by atoms with E-state index < -0.39 is 5.82 Å². The van der Waals surface area contributed by atoms with Gasteiger partial charge in [0.25, 0.3) is 0 Å². The molecule has 4 heteroatoms. The molecule has 1 heterocycles. The van der Waals surface area contributed by atoms with Crippen LogP contribution in [-0.4, -0.2) is 15.6 Å². The molecule has 0 unspecified atom stereocenters. The first-order chi connectivity index (χ1) is 11.6. The lowest BCUT2D eigenvalue weighted by Crippen LogP contribution is -1.98. The Balaban J connectivity index is 1.91. The van der Waals surface area contributed by atoms with E-state index >= 15 is 0 Å². The third-order valence-corrected chi connectivity index (χ3v) is 3.86. The largest absolute Gasteiger partial charge is 0.289 e. The summed E-state index contributed by atoms with van der Waals surface area (Å²) in [6.45, 7) is 3.86. The van der Waals surface area contributed by atoms with Crippen molar-refractivity contribution in [2.45, 2.75) is 13.8 Å². The highest BCUT2D eigenvalue weighted by Gasteiger charge is 2.11. The van der Waals surface area contributed by atoms with Gasteiger partial charge in [-0.25, -0.2) is 9.07 Å². The summed E-state index contributed by atoms with van der Waals surface area (Å²) in [5.74, 6) is -0.653. The van der Waals surface area contributed by atoms with Gasteiger partial charge in [-0.15, -0.1) is 0 Å². The summed E-state index contributed by atoms with van der Waals surface area (Å²) in [7, 11) is 0. The second-order valence-electron chi connectivity index (χ2n) is 5.54. The van der Waals surface area contributed by atoms with Crippen LogP contribution in [0.2, 0.25) is 0 Å². The minimum absolute atomic E-state index is 0.235. The van der Waals surface area contributed by atoms with Gasteiger partial charge in [-0.05, 0) is 50.3 Å². The molecule has 3 rings (SSSR count). The van der Waals surface area contributed by atoms with Crippen LogP contribution in [0.5, 0.6) is 0 Å². The van der Waals surface area contributed by atoms with Crippen molar-refractivity contribution in [3.63, 3.8) is 0 Å². The zero-order chi connectivity index (χ0) is 17.1. The van der Waals surface area contributed by atoms with Gasteiger partial charge in [0.2, 0.25) is 0 Å². The number of carbonyl (C=O) groups is 1. The zero-order valence-corrected chi connectivity index (χ0v) is 13.5. The van der Waals surface area contributed by atoms with E-state index in [0.29, 0.717) is 5.56 Å². The van der Waals surface area contributed by atoms with E-state index in [2.05, 4.69) is 5.10 Å². The summed E-state index contributed by atoms with van der Waals surface area (Å²) in [4.78, 5) is 12.2. The highest BCUT2D eigenvalue weighted by atomic mass is 19.1. The Hall–Kier alpha value is -3.01. The molecule has 0 saturated heterocycles. The smallest absolute Gasteiger partial charge is 0.185 e. The highest BCUT2D eigenvalue weighted by molar-refractivity contribution is 6.06. The van der Waals surface area contributed by atoms with Crippen LogP contribution >= 0.6 is 0 Å². The van der Waals surface area contributed by atoms with E-state index in [1.807, 2.05) is 48.9 Å². The number of para-hydroxylation sites is 1. The third-order valence-electron chi connectivity index (χ3n) is 3.86. The van der Waals surface area contributed by atoms with E-state index in [4.69, 9.17) is 0 Å². The van der Waals surface area contributed by atoms with Crippen LogP contribution in [0.1, 0.15) is 27.3 Å². The lowest BCUT2D eigenvalue weighted by Gasteiger charge is -2.03. The molecule has 0 saturated carbocycles. The van der Waals surface area contributed by atoms with Crippen molar-refractivity contribution in [3.05, 3.63) is 89.0 Å². The normalized spacial score (nSPS) is 11.1. The maximum absolute atomic E-state index is 13.2. The number of benzene rings is 2. The Morgan fingerprint density at radius 2 is 1.83 bits per heavy atom. The molecular formula is C20H17FN2O. The molecule has 3 aromatic rings. The predicted octanol–water partition coefficient (Wildman–Crippen LogP) is 4.52. The Morgan fingerprint density at radius 1 is 1.08 bits per heavy atom. The van der Waals surface area contributed by atoms with E-state index in [1.54, 1.807) is 12.1 Å². The first-order valence-electron chi connectivity index (χ1n) is 7.66. The number of carbonyl (C=O) groups excluding carboxylic acids is 1. The van der Waals surface area contributed by atoms with Gasteiger partial charge in [0.15, 0.2) is 5.78 Å². The number of aryl methyl sites for hydroxylation is 1. The summed E-state index contributed by atoms with van der Waals surface area (Å²) in [6.07, 6.45) is 3.20. The number of nitrogens with zero attached hydrogens (tertiary/aromatic N) is 2. The van der Waals surface area contributed by atoms with Gasteiger partial charge in [0.05, 0.1) is 11.4 Å². The van der Waals surface area contributed by atoms with Gasteiger partial charge in [-0.3, -0.25) is 4.79 Å². The molecule has 120 valence electrons. The van der Waals surface area contributed by atoms with Crippen LogP contribution in [0.15, 0.2) is 60.7 Å². The van der Waals surface area contributed by atoms with Crippen molar-refractivity contribution in [1.29, 1.82) is 0 Å². The van der Waals surface area contributed by atoms with Crippen LogP contribution in [0.3, 0.4) is 0 Å². The van der Waals surface area contributed by atoms with E-state index in [9.17, 15) is 9.18 Å². The molecule has 24 heavy (non-hydrogen) atoms. The molecule has 1 aromatic heterocycles. The maximum Gasteiger partial charge on any atom is 0.185 e. The molecule has 0 bridgehead atoms. The van der Waals surface area contributed by atoms with E-state index in [1.165, 1.54) is 24.3 Å². The Kier molecular flexibility index (Phi) is 4.38. The monoisotopic (exact) mass is 320 g/mol. The van der Waals surface area contributed by atoms with Gasteiger partial charge < -0.3 is 0 Å². The summed E-state index contributed by atoms with van der Waals surface area (Å²) in [6, 6.07) is 15.5. The third kappa shape index (κ3) is 3.18. The predicted molar refractivity (Wildman–Crippen MR) is 92.8 cm³/mol. The lowest BCUT2D eigenvalue weighted by molar-refractivity contribution is 0.104. The summed E-state index contributed by atoms with van der Waals surface area (Å²) in [5.41, 5.74) is 3.97. The molecule has 0 spiro atoms. The molecule has 3 nitrogen and oxygen atoms in total. The van der Waals surface area contributed by atoms with Crippen molar-refractivity contribution >= 4 is 11.9 Å². The minimum atomic E-state index is -0.418. The molecule has 0 aliphatic heterocycles. The number of hydrogen-bond acceptors (Lipinski definition) is 2. The van der Waals surface area contributed by atoms with Gasteiger partial charge in [-0.2, -0.15) is 5.10 Å². The average molecular weight is 320 g/mol. The fourth-order valence-corrected chi connectivity index (χ4v) is 2.61. The van der Waals surface area contributed by atoms with Crippen LogP contribution in [0.4, 0.5) is 4.39 Å². The van der Waals surface area contributed by atoms with Crippen LogP contribution in [0, 0.1) is 19.7 Å². The second kappa shape index (κ2) is 6.62. The standard InChI is InChI=1S/C20H17FN2O/c1-14-19(11-12-20(24)16-7-6-8-17(21)13-16)15(2)23(22-14)18-9-4-3-5-10-18/h3-13H,1-2H3/b12-11+. The first-order valence-corrected chi connectivity index (χ1v) is 7.66. The highest BCUT2D eigenvalue weighted by Crippen LogP contribution is 2.19. The van der Waals surface area contributed by atoms with E-state index in [0.717, 1.165) is 22.6 Å². The minimum Gasteiger partial charge on any atom is -0.289 e. The Labute approximate surface area is 140 Å². The molecule has 2 aromatic carbocycles. The zero-order valence-electron chi connectivity index (χ0n) is 13.5.